The van der Waals surface area contributed by atoms with Crippen molar-refractivity contribution in [3.63, 3.8) is 0 Å². The molecule has 2 heterocycles. The third kappa shape index (κ3) is 5.48. The van der Waals surface area contributed by atoms with E-state index >= 15 is 0 Å². The molecule has 4 nitrogen and oxygen atoms in total. The fourth-order valence-electron chi connectivity index (χ4n) is 10.2. The van der Waals surface area contributed by atoms with Crippen molar-refractivity contribution in [2.75, 3.05) is 0 Å². The second kappa shape index (κ2) is 13.8. The first-order valence-corrected chi connectivity index (χ1v) is 21.5. The van der Waals surface area contributed by atoms with Gasteiger partial charge in [-0.25, -0.2) is 0 Å². The predicted molar refractivity (Wildman–Crippen MR) is 266 cm³/mol. The minimum absolute atomic E-state index is 0.571. The second-order valence-electron chi connectivity index (χ2n) is 16.6. The number of nitrogens with zero attached hydrogens (tertiary/aromatic N) is 4. The molecule has 13 rings (SSSR count). The first-order valence-electron chi connectivity index (χ1n) is 21.5. The minimum Gasteiger partial charge on any atom is -0.309 e. The molecule has 0 bridgehead atoms. The Morgan fingerprint density at radius 2 is 1.00 bits per heavy atom. The van der Waals surface area contributed by atoms with E-state index < -0.39 is 0 Å². The summed E-state index contributed by atoms with van der Waals surface area (Å²) in [6.07, 6.45) is 0. The molecule has 0 amide bonds. The number of benzene rings is 10. The maximum absolute atomic E-state index is 5.22. The van der Waals surface area contributed by atoms with Crippen molar-refractivity contribution in [3.05, 3.63) is 223 Å². The molecule has 0 saturated carbocycles. The summed E-state index contributed by atoms with van der Waals surface area (Å²) in [5, 5.41) is 9.86. The lowest BCUT2D eigenvalue weighted by Crippen LogP contribution is -2.00. The summed E-state index contributed by atoms with van der Waals surface area (Å²) in [5.41, 5.74) is 17.1. The Morgan fingerprint density at radius 3 is 1.83 bits per heavy atom. The highest BCUT2D eigenvalue weighted by atomic mass is 15.0. The number of rotatable bonds is 6. The number of hydrogen-bond donors (Lipinski definition) is 0. The highest BCUT2D eigenvalue weighted by Gasteiger charge is 2.27. The molecule has 0 unspecified atom stereocenters. The van der Waals surface area contributed by atoms with Crippen LogP contribution in [0.1, 0.15) is 16.7 Å². The van der Waals surface area contributed by atoms with Gasteiger partial charge in [0.25, 0.3) is 0 Å². The topological polar surface area (TPSA) is 34.6 Å². The Balaban J connectivity index is 0.863. The molecule has 0 spiro atoms. The van der Waals surface area contributed by atoms with Gasteiger partial charge in [0.2, 0.25) is 0 Å². The Morgan fingerprint density at radius 1 is 0.381 bits per heavy atom. The average Bonchev–Trinajstić information content (AvgIpc) is 3.97. The fraction of sp³-hybridized carbons (Fsp3) is 0.0169. The second-order valence-corrected chi connectivity index (χ2v) is 16.6. The lowest BCUT2D eigenvalue weighted by Gasteiger charge is -2.11. The summed E-state index contributed by atoms with van der Waals surface area (Å²) < 4.78 is 4.80. The SMILES string of the molecule is C=Nc1cccc2c1C(=NCc1ccc3cc(-n4c5ccccc5c5cc(-c6ccc7cc8c(cc7c6)c6ccccc6n8-c6ccccc6)ccc54)ccc3c1)c1ccccc1-2. The first-order chi connectivity index (χ1) is 31.2. The quantitative estimate of drug-likeness (QED) is 0.150. The van der Waals surface area contributed by atoms with Crippen LogP contribution in [0.2, 0.25) is 0 Å². The van der Waals surface area contributed by atoms with Crippen LogP contribution in [-0.2, 0) is 6.54 Å². The molecular weight excluding hydrogens is 765 g/mol. The van der Waals surface area contributed by atoms with Crippen molar-refractivity contribution in [2.24, 2.45) is 9.98 Å². The van der Waals surface area contributed by atoms with Gasteiger partial charge in [0.15, 0.2) is 0 Å². The van der Waals surface area contributed by atoms with Crippen molar-refractivity contribution in [1.82, 2.24) is 9.13 Å². The zero-order valence-electron chi connectivity index (χ0n) is 34.3. The molecule has 10 aromatic carbocycles. The van der Waals surface area contributed by atoms with E-state index in [2.05, 4.69) is 215 Å². The average molecular weight is 803 g/mol. The molecule has 4 heteroatoms. The van der Waals surface area contributed by atoms with Crippen LogP contribution < -0.4 is 0 Å². The maximum Gasteiger partial charge on any atom is 0.0757 e. The van der Waals surface area contributed by atoms with Gasteiger partial charge in [0.1, 0.15) is 0 Å². The third-order valence-corrected chi connectivity index (χ3v) is 13.1. The van der Waals surface area contributed by atoms with E-state index in [-0.39, 0.29) is 0 Å². The standard InChI is InChI=1S/C59H38N4/c1-60-53-19-11-18-49-46-14-5-6-17-50(46)59(58(49)53)61-36-37-22-23-40-32-45(28-26-38(40)30-37)63-55-21-10-7-15-47(55)51-33-41(27-29-56(51)63)39-24-25-42-35-57-52(34-43(42)31-39)48-16-8-9-20-54(48)62(57)44-12-3-2-4-13-44/h2-35H,1,36H2. The van der Waals surface area contributed by atoms with E-state index in [0.29, 0.717) is 6.54 Å². The van der Waals surface area contributed by atoms with Crippen LogP contribution in [0.3, 0.4) is 0 Å². The zero-order chi connectivity index (χ0) is 41.6. The summed E-state index contributed by atoms with van der Waals surface area (Å²) in [6, 6.07) is 75.0. The van der Waals surface area contributed by atoms with E-state index in [1.54, 1.807) is 0 Å². The van der Waals surface area contributed by atoms with Gasteiger partial charge in [-0.15, -0.1) is 0 Å². The number of hydrogen-bond acceptors (Lipinski definition) is 2. The van der Waals surface area contributed by atoms with Crippen LogP contribution in [0.25, 0.3) is 98.8 Å². The Kier molecular flexibility index (Phi) is 7.79. The molecule has 0 fully saturated rings. The van der Waals surface area contributed by atoms with Crippen LogP contribution in [0.15, 0.2) is 216 Å². The van der Waals surface area contributed by atoms with Gasteiger partial charge in [-0.05, 0) is 135 Å². The third-order valence-electron chi connectivity index (χ3n) is 13.1. The number of aliphatic imine (C=N–C) groups is 2. The van der Waals surface area contributed by atoms with Crippen LogP contribution in [0.5, 0.6) is 0 Å². The van der Waals surface area contributed by atoms with Crippen molar-refractivity contribution in [1.29, 1.82) is 0 Å². The molecule has 294 valence electrons. The zero-order valence-corrected chi connectivity index (χ0v) is 34.3. The molecule has 12 aromatic rings. The fourth-order valence-corrected chi connectivity index (χ4v) is 10.2. The predicted octanol–water partition coefficient (Wildman–Crippen LogP) is 15.2. The Bertz CT molecular complexity index is 3900. The van der Waals surface area contributed by atoms with Gasteiger partial charge in [-0.3, -0.25) is 9.98 Å². The number of fused-ring (bicyclic) bond motifs is 11. The molecule has 63 heavy (non-hydrogen) atoms. The molecule has 2 aromatic heterocycles. The van der Waals surface area contributed by atoms with E-state index in [1.807, 2.05) is 12.1 Å². The van der Waals surface area contributed by atoms with Gasteiger partial charge >= 0.3 is 0 Å². The smallest absolute Gasteiger partial charge is 0.0757 e. The monoisotopic (exact) mass is 802 g/mol. The van der Waals surface area contributed by atoms with E-state index in [4.69, 9.17) is 4.99 Å². The van der Waals surface area contributed by atoms with Crippen LogP contribution in [0.4, 0.5) is 5.69 Å². The van der Waals surface area contributed by atoms with Gasteiger partial charge in [0, 0.05) is 44.0 Å². The van der Waals surface area contributed by atoms with Crippen molar-refractivity contribution >= 4 is 83.3 Å². The highest BCUT2D eigenvalue weighted by Crippen LogP contribution is 2.42. The minimum atomic E-state index is 0.571. The Labute approximate surface area is 364 Å². The Hall–Kier alpha value is -8.34. The molecule has 0 saturated heterocycles. The number of aromatic nitrogens is 2. The largest absolute Gasteiger partial charge is 0.309 e. The van der Waals surface area contributed by atoms with Crippen LogP contribution in [0, 0.1) is 0 Å². The van der Waals surface area contributed by atoms with Crippen LogP contribution >= 0.6 is 0 Å². The van der Waals surface area contributed by atoms with Crippen LogP contribution in [-0.4, -0.2) is 21.6 Å². The number of para-hydroxylation sites is 3. The summed E-state index contributed by atoms with van der Waals surface area (Å²) in [7, 11) is 0. The van der Waals surface area contributed by atoms with Crippen molar-refractivity contribution in [2.45, 2.75) is 6.54 Å². The summed E-state index contributed by atoms with van der Waals surface area (Å²) in [6.45, 7) is 4.43. The highest BCUT2D eigenvalue weighted by molar-refractivity contribution is 6.27. The van der Waals surface area contributed by atoms with Crippen molar-refractivity contribution in [3.8, 4) is 33.6 Å². The van der Waals surface area contributed by atoms with E-state index in [9.17, 15) is 0 Å². The molecule has 0 atom stereocenters. The molecular formula is C59H38N4. The molecule has 0 aliphatic heterocycles. The molecule has 1 aliphatic carbocycles. The summed E-state index contributed by atoms with van der Waals surface area (Å²) >= 11 is 0. The molecule has 0 N–H and O–H groups in total. The first kappa shape index (κ1) is 35.4. The molecule has 1 aliphatic rings. The maximum atomic E-state index is 5.22. The van der Waals surface area contributed by atoms with Gasteiger partial charge in [-0.1, -0.05) is 127 Å². The normalized spacial score (nSPS) is 12.9. The summed E-state index contributed by atoms with van der Waals surface area (Å²) in [4.78, 5) is 9.58. The summed E-state index contributed by atoms with van der Waals surface area (Å²) in [5.74, 6) is 0. The van der Waals surface area contributed by atoms with Gasteiger partial charge in [-0.2, -0.15) is 0 Å². The van der Waals surface area contributed by atoms with Crippen molar-refractivity contribution < 1.29 is 0 Å². The van der Waals surface area contributed by atoms with E-state index in [0.717, 1.165) is 28.2 Å². The molecule has 0 radical (unpaired) electrons. The van der Waals surface area contributed by atoms with Gasteiger partial charge in [0.05, 0.1) is 40.0 Å². The van der Waals surface area contributed by atoms with Gasteiger partial charge < -0.3 is 9.13 Å². The van der Waals surface area contributed by atoms with E-state index in [1.165, 1.54) is 98.7 Å². The lowest BCUT2D eigenvalue weighted by molar-refractivity contribution is 1.07. The lowest BCUT2D eigenvalue weighted by atomic mass is 9.98.